The third-order valence-corrected chi connectivity index (χ3v) is 4.83. The third-order valence-electron chi connectivity index (χ3n) is 4.83. The molecule has 1 aliphatic carbocycles. The lowest BCUT2D eigenvalue weighted by molar-refractivity contribution is -0.117. The number of anilines is 1. The van der Waals surface area contributed by atoms with E-state index in [-0.39, 0.29) is 11.8 Å². The molecule has 0 unspecified atom stereocenters. The molecule has 4 aromatic rings. The van der Waals surface area contributed by atoms with Gasteiger partial charge in [-0.3, -0.25) is 10.1 Å². The Kier molecular flexibility index (Phi) is 3.53. The van der Waals surface area contributed by atoms with Crippen LogP contribution in [0.5, 0.6) is 0 Å². The fourth-order valence-corrected chi connectivity index (χ4v) is 3.21. The van der Waals surface area contributed by atoms with Gasteiger partial charge in [-0.25, -0.2) is 9.20 Å². The lowest BCUT2D eigenvalue weighted by Gasteiger charge is -2.06. The van der Waals surface area contributed by atoms with Crippen molar-refractivity contribution in [2.75, 3.05) is 5.32 Å². The van der Waals surface area contributed by atoms with Crippen LogP contribution in [0.15, 0.2) is 54.7 Å². The van der Waals surface area contributed by atoms with Crippen molar-refractivity contribution in [1.29, 1.82) is 0 Å². The molecule has 7 heteroatoms. The summed E-state index contributed by atoms with van der Waals surface area (Å²) in [6, 6.07) is 15.8. The lowest BCUT2D eigenvalue weighted by atomic mass is 10.1. The number of hydrogen-bond donors (Lipinski definition) is 1. The summed E-state index contributed by atoms with van der Waals surface area (Å²) < 4.78 is 3.66. The van der Waals surface area contributed by atoms with Crippen molar-refractivity contribution in [3.05, 3.63) is 60.4 Å². The highest BCUT2D eigenvalue weighted by molar-refractivity contribution is 5.92. The highest BCUT2D eigenvalue weighted by Crippen LogP contribution is 2.30. The van der Waals surface area contributed by atoms with E-state index in [0.29, 0.717) is 11.6 Å². The average Bonchev–Trinajstić information content (AvgIpc) is 3.36. The zero-order valence-electron chi connectivity index (χ0n) is 14.8. The van der Waals surface area contributed by atoms with Gasteiger partial charge in [0.2, 0.25) is 11.9 Å². The van der Waals surface area contributed by atoms with Crippen LogP contribution in [0.25, 0.3) is 22.6 Å². The molecule has 1 aromatic carbocycles. The van der Waals surface area contributed by atoms with E-state index in [4.69, 9.17) is 0 Å². The highest BCUT2D eigenvalue weighted by Gasteiger charge is 2.30. The second kappa shape index (κ2) is 6.05. The van der Waals surface area contributed by atoms with Crippen LogP contribution < -0.4 is 5.32 Å². The van der Waals surface area contributed by atoms with Gasteiger partial charge in [-0.1, -0.05) is 24.3 Å². The second-order valence-corrected chi connectivity index (χ2v) is 6.77. The van der Waals surface area contributed by atoms with Gasteiger partial charge in [0.25, 0.3) is 0 Å². The van der Waals surface area contributed by atoms with E-state index in [1.54, 1.807) is 4.52 Å². The van der Waals surface area contributed by atoms with Crippen LogP contribution in [0.2, 0.25) is 0 Å². The maximum atomic E-state index is 12.0. The number of aromatic nitrogens is 5. The highest BCUT2D eigenvalue weighted by atomic mass is 16.2. The molecule has 1 saturated carbocycles. The Labute approximate surface area is 155 Å². The Morgan fingerprint density at radius 3 is 2.70 bits per heavy atom. The summed E-state index contributed by atoms with van der Waals surface area (Å²) in [5, 5.41) is 11.9. The van der Waals surface area contributed by atoms with Crippen molar-refractivity contribution in [2.45, 2.75) is 19.8 Å². The molecule has 3 aromatic heterocycles. The zero-order chi connectivity index (χ0) is 18.4. The number of nitrogens with zero attached hydrogens (tertiary/aromatic N) is 5. The van der Waals surface area contributed by atoms with E-state index in [2.05, 4.69) is 20.5 Å². The summed E-state index contributed by atoms with van der Waals surface area (Å²) in [6.45, 7) is 2.03. The fourth-order valence-electron chi connectivity index (χ4n) is 3.21. The molecule has 1 fully saturated rings. The summed E-state index contributed by atoms with van der Waals surface area (Å²) in [4.78, 5) is 16.4. The van der Waals surface area contributed by atoms with Crippen LogP contribution in [-0.4, -0.2) is 30.3 Å². The molecular weight excluding hydrogens is 340 g/mol. The summed E-state index contributed by atoms with van der Waals surface area (Å²) in [6.07, 6.45) is 3.73. The van der Waals surface area contributed by atoms with E-state index in [1.807, 2.05) is 66.3 Å². The number of nitrogens with one attached hydrogen (secondary N) is 1. The van der Waals surface area contributed by atoms with E-state index in [9.17, 15) is 4.79 Å². The number of carbonyl (C=O) groups is 1. The summed E-state index contributed by atoms with van der Waals surface area (Å²) in [5.74, 6) is 0.454. The predicted molar refractivity (Wildman–Crippen MR) is 102 cm³/mol. The number of fused-ring (bicyclic) bond motifs is 1. The summed E-state index contributed by atoms with van der Waals surface area (Å²) >= 11 is 0. The minimum atomic E-state index is 0.000494. The Morgan fingerprint density at radius 1 is 1.11 bits per heavy atom. The number of hydrogen-bond acceptors (Lipinski definition) is 4. The normalized spacial score (nSPS) is 13.8. The first-order valence-electron chi connectivity index (χ1n) is 8.98. The summed E-state index contributed by atoms with van der Waals surface area (Å²) in [7, 11) is 0. The number of para-hydroxylation sites is 1. The van der Waals surface area contributed by atoms with Gasteiger partial charge in [0, 0.05) is 11.5 Å². The quantitative estimate of drug-likeness (QED) is 0.607. The number of rotatable bonds is 4. The Balaban J connectivity index is 1.56. The molecule has 5 rings (SSSR count). The van der Waals surface area contributed by atoms with E-state index in [1.165, 1.54) is 0 Å². The molecule has 1 amide bonds. The van der Waals surface area contributed by atoms with E-state index < -0.39 is 0 Å². The van der Waals surface area contributed by atoms with Crippen molar-refractivity contribution in [1.82, 2.24) is 24.4 Å². The van der Waals surface area contributed by atoms with Gasteiger partial charge in [0.15, 0.2) is 5.65 Å². The minimum absolute atomic E-state index is 0.000494. The Hall–Kier alpha value is -3.48. The van der Waals surface area contributed by atoms with Gasteiger partial charge in [-0.05, 0) is 44.0 Å². The molecule has 1 N–H and O–H groups in total. The van der Waals surface area contributed by atoms with Crippen LogP contribution in [0.4, 0.5) is 5.95 Å². The van der Waals surface area contributed by atoms with Crippen molar-refractivity contribution < 1.29 is 4.79 Å². The maximum absolute atomic E-state index is 12.0. The van der Waals surface area contributed by atoms with Gasteiger partial charge in [0.05, 0.1) is 23.3 Å². The summed E-state index contributed by atoms with van der Waals surface area (Å²) in [5.41, 5.74) is 4.55. The van der Waals surface area contributed by atoms with Gasteiger partial charge in [0.1, 0.15) is 0 Å². The third kappa shape index (κ3) is 2.77. The zero-order valence-corrected chi connectivity index (χ0v) is 14.8. The van der Waals surface area contributed by atoms with Crippen LogP contribution in [0, 0.1) is 12.8 Å². The smallest absolute Gasteiger partial charge is 0.249 e. The molecule has 3 heterocycles. The first kappa shape index (κ1) is 15.7. The lowest BCUT2D eigenvalue weighted by Crippen LogP contribution is -2.14. The number of pyridine rings is 1. The number of carbonyl (C=O) groups excluding carboxylic acids is 1. The van der Waals surface area contributed by atoms with Gasteiger partial charge in [-0.2, -0.15) is 10.1 Å². The van der Waals surface area contributed by atoms with Gasteiger partial charge in [-0.15, -0.1) is 5.10 Å². The largest absolute Gasteiger partial charge is 0.293 e. The van der Waals surface area contributed by atoms with Crippen LogP contribution in [0.3, 0.4) is 0 Å². The average molecular weight is 358 g/mol. The van der Waals surface area contributed by atoms with E-state index >= 15 is 0 Å². The molecule has 0 bridgehead atoms. The topological polar surface area (TPSA) is 77.1 Å². The van der Waals surface area contributed by atoms with Crippen molar-refractivity contribution in [2.24, 2.45) is 5.92 Å². The molecule has 0 radical (unpaired) electrons. The van der Waals surface area contributed by atoms with Crippen molar-refractivity contribution >= 4 is 17.5 Å². The molecule has 0 spiro atoms. The van der Waals surface area contributed by atoms with Crippen molar-refractivity contribution in [3.63, 3.8) is 0 Å². The first-order valence-corrected chi connectivity index (χ1v) is 8.98. The second-order valence-electron chi connectivity index (χ2n) is 6.77. The molecule has 0 atom stereocenters. The van der Waals surface area contributed by atoms with E-state index in [0.717, 1.165) is 35.5 Å². The monoisotopic (exact) mass is 358 g/mol. The first-order chi connectivity index (χ1) is 13.2. The standard InChI is InChI=1S/C20H18N6O/c1-13-16(12-21-25(13)15-6-3-2-4-7-15)17-8-5-9-18-22-20(24-26(17)18)23-19(27)14-10-11-14/h2-9,12,14H,10-11H2,1H3,(H,23,24,27). The minimum Gasteiger partial charge on any atom is -0.293 e. The molecular formula is C20H18N6O. The Bertz CT molecular complexity index is 1140. The van der Waals surface area contributed by atoms with Crippen LogP contribution in [0.1, 0.15) is 18.5 Å². The van der Waals surface area contributed by atoms with Gasteiger partial charge < -0.3 is 0 Å². The number of amides is 1. The molecule has 0 aliphatic heterocycles. The number of benzene rings is 1. The molecule has 27 heavy (non-hydrogen) atoms. The van der Waals surface area contributed by atoms with Crippen LogP contribution >= 0.6 is 0 Å². The van der Waals surface area contributed by atoms with Gasteiger partial charge >= 0.3 is 0 Å². The predicted octanol–water partition coefficient (Wildman–Crippen LogP) is 3.24. The molecule has 0 saturated heterocycles. The SMILES string of the molecule is Cc1c(-c2cccc3nc(NC(=O)C4CC4)nn23)cnn1-c1ccccc1. The molecule has 7 nitrogen and oxygen atoms in total. The Morgan fingerprint density at radius 2 is 1.93 bits per heavy atom. The molecule has 134 valence electrons. The van der Waals surface area contributed by atoms with Crippen LogP contribution in [-0.2, 0) is 4.79 Å². The fraction of sp³-hybridized carbons (Fsp3) is 0.200. The van der Waals surface area contributed by atoms with Crippen molar-refractivity contribution in [3.8, 4) is 16.9 Å². The molecule has 1 aliphatic rings. The maximum Gasteiger partial charge on any atom is 0.249 e.